The molecule has 2 aromatic heterocycles. The zero-order valence-electron chi connectivity index (χ0n) is 10.4. The number of H-pyrrole nitrogens is 1. The van der Waals surface area contributed by atoms with E-state index in [4.69, 9.17) is 12.6 Å². The molecule has 0 spiro atoms. The molecule has 5 heteroatoms. The van der Waals surface area contributed by atoms with Crippen LogP contribution in [0.4, 0.5) is 0 Å². The molecule has 0 aliphatic heterocycles. The van der Waals surface area contributed by atoms with Crippen LogP contribution in [0.5, 0.6) is 0 Å². The predicted octanol–water partition coefficient (Wildman–Crippen LogP) is 1.69. The van der Waals surface area contributed by atoms with E-state index in [-0.39, 0.29) is 0 Å². The van der Waals surface area contributed by atoms with Crippen molar-refractivity contribution in [3.05, 3.63) is 36.2 Å². The molecule has 0 atom stereocenters. The minimum Gasteiger partial charge on any atom is -0.461 e. The van der Waals surface area contributed by atoms with Crippen molar-refractivity contribution in [1.82, 2.24) is 9.97 Å². The first-order chi connectivity index (χ1) is 9.19. The Morgan fingerprint density at radius 2 is 2.11 bits per heavy atom. The molecule has 0 amide bonds. The molecule has 0 aliphatic carbocycles. The summed E-state index contributed by atoms with van der Waals surface area (Å²) in [4.78, 5) is 19.0. The third kappa shape index (κ3) is 1.97. The van der Waals surface area contributed by atoms with Crippen molar-refractivity contribution < 1.29 is 9.53 Å². The van der Waals surface area contributed by atoms with Crippen LogP contribution in [-0.2, 0) is 4.74 Å². The summed E-state index contributed by atoms with van der Waals surface area (Å²) >= 11 is 0. The van der Waals surface area contributed by atoms with E-state index in [0.717, 1.165) is 21.8 Å². The summed E-state index contributed by atoms with van der Waals surface area (Å²) in [7, 11) is 5.80. The van der Waals surface area contributed by atoms with Gasteiger partial charge < -0.3 is 9.72 Å². The number of ether oxygens (including phenoxy) is 1. The Morgan fingerprint density at radius 3 is 2.89 bits per heavy atom. The van der Waals surface area contributed by atoms with Gasteiger partial charge in [-0.15, -0.1) is 0 Å². The molecule has 3 rings (SSSR count). The van der Waals surface area contributed by atoms with E-state index in [1.165, 1.54) is 0 Å². The summed E-state index contributed by atoms with van der Waals surface area (Å²) in [6.45, 7) is 2.10. The van der Waals surface area contributed by atoms with Crippen LogP contribution in [0.15, 0.2) is 30.5 Å². The molecule has 1 N–H and O–H groups in total. The molecule has 3 aromatic rings. The number of hydrogen-bond donors (Lipinski definition) is 1. The molecule has 19 heavy (non-hydrogen) atoms. The Bertz CT molecular complexity index is 780. The molecule has 2 radical (unpaired) electrons. The standard InChI is InChI=1S/C14H11BN2O2/c1-2-19-14(18)12-6-10-9-5-8(15)3-4-11(9)17-13(10)7-16-12/h3-7,17H,2H2,1H3. The lowest BCUT2D eigenvalue weighted by molar-refractivity contribution is 0.0520. The zero-order chi connectivity index (χ0) is 13.4. The molecule has 0 bridgehead atoms. The number of nitrogens with one attached hydrogen (secondary N) is 1. The van der Waals surface area contributed by atoms with Crippen molar-refractivity contribution in [1.29, 1.82) is 0 Å². The predicted molar refractivity (Wildman–Crippen MR) is 74.9 cm³/mol. The summed E-state index contributed by atoms with van der Waals surface area (Å²) in [5.74, 6) is -0.414. The van der Waals surface area contributed by atoms with Gasteiger partial charge in [0.2, 0.25) is 0 Å². The van der Waals surface area contributed by atoms with Crippen molar-refractivity contribution in [2.75, 3.05) is 6.61 Å². The third-order valence-corrected chi connectivity index (χ3v) is 2.99. The molecular weight excluding hydrogens is 239 g/mol. The second-order valence-electron chi connectivity index (χ2n) is 4.27. The minimum absolute atomic E-state index is 0.303. The quantitative estimate of drug-likeness (QED) is 0.556. The number of carbonyl (C=O) groups is 1. The number of benzene rings is 1. The molecule has 0 aliphatic rings. The number of carbonyl (C=O) groups excluding carboxylic acids is 1. The van der Waals surface area contributed by atoms with E-state index in [9.17, 15) is 4.79 Å². The Balaban J connectivity index is 2.23. The van der Waals surface area contributed by atoms with E-state index < -0.39 is 5.97 Å². The van der Waals surface area contributed by atoms with Crippen LogP contribution >= 0.6 is 0 Å². The highest BCUT2D eigenvalue weighted by Crippen LogP contribution is 2.24. The van der Waals surface area contributed by atoms with Gasteiger partial charge in [0.05, 0.1) is 18.3 Å². The van der Waals surface area contributed by atoms with Gasteiger partial charge in [-0.25, -0.2) is 9.78 Å². The number of fused-ring (bicyclic) bond motifs is 3. The van der Waals surface area contributed by atoms with Gasteiger partial charge in [0.1, 0.15) is 13.5 Å². The van der Waals surface area contributed by atoms with Crippen LogP contribution < -0.4 is 5.46 Å². The fourth-order valence-corrected chi connectivity index (χ4v) is 2.13. The first kappa shape index (κ1) is 11.8. The topological polar surface area (TPSA) is 55.0 Å². The zero-order valence-corrected chi connectivity index (χ0v) is 10.4. The van der Waals surface area contributed by atoms with Crippen LogP contribution in [-0.4, -0.2) is 30.4 Å². The van der Waals surface area contributed by atoms with E-state index in [1.807, 2.05) is 18.2 Å². The fourth-order valence-electron chi connectivity index (χ4n) is 2.13. The number of nitrogens with zero attached hydrogens (tertiary/aromatic N) is 1. The van der Waals surface area contributed by atoms with E-state index in [0.29, 0.717) is 17.8 Å². The van der Waals surface area contributed by atoms with Gasteiger partial charge in [0, 0.05) is 16.3 Å². The average Bonchev–Trinajstić information content (AvgIpc) is 2.76. The highest BCUT2D eigenvalue weighted by Gasteiger charge is 2.11. The second-order valence-corrected chi connectivity index (χ2v) is 4.27. The van der Waals surface area contributed by atoms with Gasteiger partial charge in [-0.2, -0.15) is 0 Å². The first-order valence-electron chi connectivity index (χ1n) is 6.03. The number of esters is 1. The van der Waals surface area contributed by atoms with E-state index in [2.05, 4.69) is 9.97 Å². The molecule has 0 saturated heterocycles. The molecule has 1 aromatic carbocycles. The lowest BCUT2D eigenvalue weighted by Gasteiger charge is -2.00. The van der Waals surface area contributed by atoms with Crippen molar-refractivity contribution in [3.8, 4) is 0 Å². The molecule has 2 heterocycles. The summed E-state index contributed by atoms with van der Waals surface area (Å²) in [5, 5.41) is 1.89. The molecule has 92 valence electrons. The van der Waals surface area contributed by atoms with Crippen LogP contribution in [0.25, 0.3) is 21.8 Å². The fraction of sp³-hybridized carbons (Fsp3) is 0.143. The van der Waals surface area contributed by atoms with Gasteiger partial charge >= 0.3 is 5.97 Å². The van der Waals surface area contributed by atoms with E-state index in [1.54, 1.807) is 19.2 Å². The molecule has 0 saturated carbocycles. The Hall–Kier alpha value is -2.30. The van der Waals surface area contributed by atoms with Crippen LogP contribution in [0.3, 0.4) is 0 Å². The SMILES string of the molecule is [B]c1ccc2[nH]c3cnc(C(=O)OCC)cc3c2c1. The van der Waals surface area contributed by atoms with E-state index >= 15 is 0 Å². The average molecular weight is 250 g/mol. The van der Waals surface area contributed by atoms with Gasteiger partial charge in [0.15, 0.2) is 0 Å². The lowest BCUT2D eigenvalue weighted by Crippen LogP contribution is -2.06. The lowest BCUT2D eigenvalue weighted by atomic mass is 9.94. The maximum Gasteiger partial charge on any atom is 0.356 e. The van der Waals surface area contributed by atoms with Crippen LogP contribution in [0.2, 0.25) is 0 Å². The molecule has 0 unspecified atom stereocenters. The maximum atomic E-state index is 11.7. The molecule has 0 fully saturated rings. The summed E-state index contributed by atoms with van der Waals surface area (Å²) in [5.41, 5.74) is 2.82. The van der Waals surface area contributed by atoms with Gasteiger partial charge in [0.25, 0.3) is 0 Å². The minimum atomic E-state index is -0.414. The Kier molecular flexibility index (Phi) is 2.74. The van der Waals surface area contributed by atoms with Crippen LogP contribution in [0, 0.1) is 0 Å². The van der Waals surface area contributed by atoms with Crippen molar-refractivity contribution >= 4 is 41.1 Å². The normalized spacial score (nSPS) is 11.0. The highest BCUT2D eigenvalue weighted by molar-refractivity contribution is 6.33. The largest absolute Gasteiger partial charge is 0.461 e. The molecule has 4 nitrogen and oxygen atoms in total. The van der Waals surface area contributed by atoms with Gasteiger partial charge in [-0.1, -0.05) is 17.6 Å². The second kappa shape index (κ2) is 4.42. The van der Waals surface area contributed by atoms with Gasteiger partial charge in [-0.3, -0.25) is 0 Å². The van der Waals surface area contributed by atoms with Gasteiger partial charge in [-0.05, 0) is 19.1 Å². The number of hydrogen-bond acceptors (Lipinski definition) is 3. The van der Waals surface area contributed by atoms with Crippen LogP contribution in [0.1, 0.15) is 17.4 Å². The number of aromatic amines is 1. The summed E-state index contributed by atoms with van der Waals surface area (Å²) < 4.78 is 4.95. The number of pyridine rings is 1. The monoisotopic (exact) mass is 250 g/mol. The number of rotatable bonds is 2. The Morgan fingerprint density at radius 1 is 1.32 bits per heavy atom. The Labute approximate surface area is 111 Å². The summed E-state index contributed by atoms with van der Waals surface area (Å²) in [6, 6.07) is 7.35. The van der Waals surface area contributed by atoms with Crippen molar-refractivity contribution in [2.24, 2.45) is 0 Å². The first-order valence-corrected chi connectivity index (χ1v) is 6.03. The van der Waals surface area contributed by atoms with Crippen molar-refractivity contribution in [3.63, 3.8) is 0 Å². The number of aromatic nitrogens is 2. The summed E-state index contributed by atoms with van der Waals surface area (Å²) in [6.07, 6.45) is 1.64. The molecular formula is C14H11BN2O2. The highest BCUT2D eigenvalue weighted by atomic mass is 16.5. The smallest absolute Gasteiger partial charge is 0.356 e. The van der Waals surface area contributed by atoms with Crippen molar-refractivity contribution in [2.45, 2.75) is 6.92 Å². The third-order valence-electron chi connectivity index (χ3n) is 2.99. The maximum absolute atomic E-state index is 11.7.